The van der Waals surface area contributed by atoms with Crippen LogP contribution < -0.4 is 11.1 Å². The molecule has 4 heteroatoms. The zero-order chi connectivity index (χ0) is 12.1. The number of nitrogens with two attached hydrogens (primary N) is 1. The van der Waals surface area contributed by atoms with E-state index in [1.165, 1.54) is 12.8 Å². The molecule has 0 spiro atoms. The van der Waals surface area contributed by atoms with Crippen LogP contribution in [0.2, 0.25) is 0 Å². The number of halogens is 1. The van der Waals surface area contributed by atoms with Crippen LogP contribution in [0.25, 0.3) is 0 Å². The molecule has 0 saturated heterocycles. The average molecular weight is 263 g/mol. The molecule has 0 aromatic heterocycles. The first-order valence-electron chi connectivity index (χ1n) is 6.54. The quantitative estimate of drug-likeness (QED) is 0.818. The third-order valence-corrected chi connectivity index (χ3v) is 3.53. The summed E-state index contributed by atoms with van der Waals surface area (Å²) in [4.78, 5) is 11.6. The molecule has 0 radical (unpaired) electrons. The van der Waals surface area contributed by atoms with Crippen LogP contribution in [-0.4, -0.2) is 18.0 Å². The summed E-state index contributed by atoms with van der Waals surface area (Å²) in [7, 11) is 0. The lowest BCUT2D eigenvalue weighted by atomic mass is 9.79. The van der Waals surface area contributed by atoms with E-state index in [-0.39, 0.29) is 24.4 Å². The third-order valence-electron chi connectivity index (χ3n) is 3.53. The molecule has 3 unspecified atom stereocenters. The van der Waals surface area contributed by atoms with Gasteiger partial charge in [0.1, 0.15) is 0 Å². The molecule has 0 aromatic rings. The standard InChI is InChI=1S/C13H26N2O.ClH/c1-9(2)11-5-4-6-12(8-11)15-13(16)7-10(3)14;/h9-12H,4-8,14H2,1-3H3,(H,15,16);1H. The summed E-state index contributed by atoms with van der Waals surface area (Å²) in [5, 5.41) is 3.12. The van der Waals surface area contributed by atoms with Gasteiger partial charge in [0, 0.05) is 18.5 Å². The molecule has 3 nitrogen and oxygen atoms in total. The Morgan fingerprint density at radius 2 is 2.00 bits per heavy atom. The van der Waals surface area contributed by atoms with Gasteiger partial charge in [0.05, 0.1) is 0 Å². The van der Waals surface area contributed by atoms with Gasteiger partial charge in [0.25, 0.3) is 0 Å². The van der Waals surface area contributed by atoms with Crippen LogP contribution in [0, 0.1) is 11.8 Å². The van der Waals surface area contributed by atoms with E-state index in [0.717, 1.165) is 24.7 Å². The van der Waals surface area contributed by atoms with Gasteiger partial charge in [-0.1, -0.05) is 26.7 Å². The maximum Gasteiger partial charge on any atom is 0.221 e. The van der Waals surface area contributed by atoms with Gasteiger partial charge in [-0.2, -0.15) is 0 Å². The molecule has 0 bridgehead atoms. The molecule has 1 aliphatic rings. The fraction of sp³-hybridized carbons (Fsp3) is 0.923. The highest BCUT2D eigenvalue weighted by Crippen LogP contribution is 2.29. The van der Waals surface area contributed by atoms with Gasteiger partial charge in [-0.25, -0.2) is 0 Å². The monoisotopic (exact) mass is 262 g/mol. The van der Waals surface area contributed by atoms with Crippen molar-refractivity contribution in [2.45, 2.75) is 65.0 Å². The van der Waals surface area contributed by atoms with Gasteiger partial charge in [0.15, 0.2) is 0 Å². The zero-order valence-corrected chi connectivity index (χ0v) is 12.1. The lowest BCUT2D eigenvalue weighted by molar-refractivity contribution is -0.122. The molecule has 0 heterocycles. The molecule has 1 amide bonds. The predicted octanol–water partition coefficient (Wildman–Crippen LogP) is 2.48. The van der Waals surface area contributed by atoms with Crippen molar-refractivity contribution in [2.75, 3.05) is 0 Å². The molecule has 3 atom stereocenters. The Bertz CT molecular complexity index is 231. The molecular formula is C13H27ClN2O. The Morgan fingerprint density at radius 3 is 2.53 bits per heavy atom. The van der Waals surface area contributed by atoms with Crippen molar-refractivity contribution in [3.05, 3.63) is 0 Å². The molecule has 1 fully saturated rings. The maximum atomic E-state index is 11.6. The van der Waals surface area contributed by atoms with Crippen LogP contribution in [0.4, 0.5) is 0 Å². The molecular weight excluding hydrogens is 236 g/mol. The van der Waals surface area contributed by atoms with Crippen molar-refractivity contribution in [1.82, 2.24) is 5.32 Å². The zero-order valence-electron chi connectivity index (χ0n) is 11.2. The van der Waals surface area contributed by atoms with Gasteiger partial charge >= 0.3 is 0 Å². The molecule has 0 aliphatic heterocycles. The van der Waals surface area contributed by atoms with Crippen molar-refractivity contribution in [2.24, 2.45) is 17.6 Å². The minimum atomic E-state index is -0.0375. The summed E-state index contributed by atoms with van der Waals surface area (Å²) in [6.45, 7) is 6.42. The second-order valence-electron chi connectivity index (χ2n) is 5.62. The Labute approximate surface area is 111 Å². The van der Waals surface area contributed by atoms with E-state index in [4.69, 9.17) is 5.73 Å². The molecule has 0 aromatic carbocycles. The van der Waals surface area contributed by atoms with E-state index >= 15 is 0 Å². The van der Waals surface area contributed by atoms with E-state index in [1.54, 1.807) is 0 Å². The third kappa shape index (κ3) is 6.27. The number of rotatable bonds is 4. The first kappa shape index (κ1) is 16.7. The second kappa shape index (κ2) is 7.93. The Hall–Kier alpha value is -0.280. The van der Waals surface area contributed by atoms with Crippen molar-refractivity contribution >= 4 is 18.3 Å². The van der Waals surface area contributed by atoms with Crippen LogP contribution in [0.15, 0.2) is 0 Å². The number of hydrogen-bond acceptors (Lipinski definition) is 2. The normalized spacial score (nSPS) is 26.2. The highest BCUT2D eigenvalue weighted by molar-refractivity contribution is 5.85. The molecule has 1 aliphatic carbocycles. The number of hydrogen-bond donors (Lipinski definition) is 2. The highest BCUT2D eigenvalue weighted by Gasteiger charge is 2.25. The van der Waals surface area contributed by atoms with Crippen LogP contribution in [0.1, 0.15) is 52.9 Å². The largest absolute Gasteiger partial charge is 0.353 e. The van der Waals surface area contributed by atoms with Crippen LogP contribution >= 0.6 is 12.4 Å². The van der Waals surface area contributed by atoms with Gasteiger partial charge in [0.2, 0.25) is 5.91 Å². The highest BCUT2D eigenvalue weighted by atomic mass is 35.5. The molecule has 17 heavy (non-hydrogen) atoms. The Balaban J connectivity index is 0.00000256. The predicted molar refractivity (Wildman–Crippen MR) is 74.2 cm³/mol. The van der Waals surface area contributed by atoms with Gasteiger partial charge in [-0.15, -0.1) is 12.4 Å². The second-order valence-corrected chi connectivity index (χ2v) is 5.62. The smallest absolute Gasteiger partial charge is 0.221 e. The van der Waals surface area contributed by atoms with Crippen molar-refractivity contribution in [1.29, 1.82) is 0 Å². The van der Waals surface area contributed by atoms with E-state index in [2.05, 4.69) is 19.2 Å². The summed E-state index contributed by atoms with van der Waals surface area (Å²) in [5.74, 6) is 1.62. The molecule has 1 saturated carbocycles. The fourth-order valence-electron chi connectivity index (χ4n) is 2.54. The number of carbonyl (C=O) groups is 1. The SMILES string of the molecule is CC(N)CC(=O)NC1CCCC(C(C)C)C1.Cl. The van der Waals surface area contributed by atoms with E-state index in [0.29, 0.717) is 12.5 Å². The van der Waals surface area contributed by atoms with Crippen molar-refractivity contribution in [3.8, 4) is 0 Å². The molecule has 3 N–H and O–H groups in total. The summed E-state index contributed by atoms with van der Waals surface area (Å²) in [6, 6.07) is 0.344. The first-order valence-corrected chi connectivity index (χ1v) is 6.54. The van der Waals surface area contributed by atoms with Crippen molar-refractivity contribution in [3.63, 3.8) is 0 Å². The van der Waals surface area contributed by atoms with Gasteiger partial charge in [-0.05, 0) is 31.6 Å². The first-order chi connectivity index (χ1) is 7.49. The molecule has 1 rings (SSSR count). The number of amides is 1. The lowest BCUT2D eigenvalue weighted by Gasteiger charge is -2.32. The molecule has 102 valence electrons. The van der Waals surface area contributed by atoms with Crippen LogP contribution in [0.5, 0.6) is 0 Å². The van der Waals surface area contributed by atoms with Crippen LogP contribution in [0.3, 0.4) is 0 Å². The summed E-state index contributed by atoms with van der Waals surface area (Å²) in [6.07, 6.45) is 5.28. The van der Waals surface area contributed by atoms with E-state index in [1.807, 2.05) is 6.92 Å². The van der Waals surface area contributed by atoms with E-state index < -0.39 is 0 Å². The average Bonchev–Trinajstić information content (AvgIpc) is 2.16. The lowest BCUT2D eigenvalue weighted by Crippen LogP contribution is -2.41. The Morgan fingerprint density at radius 1 is 1.35 bits per heavy atom. The topological polar surface area (TPSA) is 55.1 Å². The summed E-state index contributed by atoms with van der Waals surface area (Å²) < 4.78 is 0. The number of nitrogens with one attached hydrogen (secondary N) is 1. The van der Waals surface area contributed by atoms with Gasteiger partial charge in [-0.3, -0.25) is 4.79 Å². The van der Waals surface area contributed by atoms with Crippen LogP contribution in [-0.2, 0) is 4.79 Å². The van der Waals surface area contributed by atoms with E-state index in [9.17, 15) is 4.79 Å². The Kier molecular flexibility index (Phi) is 7.80. The summed E-state index contributed by atoms with van der Waals surface area (Å²) in [5.41, 5.74) is 5.61. The minimum absolute atomic E-state index is 0. The van der Waals surface area contributed by atoms with Crippen molar-refractivity contribution < 1.29 is 4.79 Å². The fourth-order valence-corrected chi connectivity index (χ4v) is 2.54. The maximum absolute atomic E-state index is 11.6. The number of carbonyl (C=O) groups excluding carboxylic acids is 1. The minimum Gasteiger partial charge on any atom is -0.353 e. The summed E-state index contributed by atoms with van der Waals surface area (Å²) >= 11 is 0. The van der Waals surface area contributed by atoms with Gasteiger partial charge < -0.3 is 11.1 Å².